The molecule has 0 saturated carbocycles. The molecular formula is C24H22N4O6. The number of carbonyl (C=O) groups is 3. The zero-order valence-electron chi connectivity index (χ0n) is 18.7. The summed E-state index contributed by atoms with van der Waals surface area (Å²) >= 11 is 0. The van der Waals surface area contributed by atoms with E-state index in [2.05, 4.69) is 5.10 Å². The fourth-order valence-electron chi connectivity index (χ4n) is 4.98. The number of hydrazone groups is 1. The topological polar surface area (TPSA) is 122 Å². The molecule has 0 N–H and O–H groups in total. The number of anilines is 1. The highest BCUT2D eigenvalue weighted by atomic mass is 16.6. The molecule has 0 unspecified atom stereocenters. The molecule has 34 heavy (non-hydrogen) atoms. The summed E-state index contributed by atoms with van der Waals surface area (Å²) in [6, 6.07) is 10.9. The van der Waals surface area contributed by atoms with Gasteiger partial charge in [-0.15, -0.1) is 0 Å². The van der Waals surface area contributed by atoms with E-state index in [0.29, 0.717) is 0 Å². The molecule has 5 rings (SSSR count). The van der Waals surface area contributed by atoms with Gasteiger partial charge in [-0.2, -0.15) is 5.10 Å². The van der Waals surface area contributed by atoms with Gasteiger partial charge < -0.3 is 4.74 Å². The van der Waals surface area contributed by atoms with Crippen molar-refractivity contribution in [3.63, 3.8) is 0 Å². The van der Waals surface area contributed by atoms with E-state index in [1.54, 1.807) is 27.0 Å². The number of non-ortho nitro benzene ring substituents is 1. The van der Waals surface area contributed by atoms with Crippen LogP contribution < -0.4 is 4.90 Å². The lowest BCUT2D eigenvalue weighted by Crippen LogP contribution is -2.46. The van der Waals surface area contributed by atoms with Gasteiger partial charge in [-0.3, -0.25) is 24.7 Å². The Hall–Kier alpha value is -4.08. The standard InChI is InChI=1S/C24H22N4O6/c1-24(2,3)34-23(31)20-18-17(19-16-7-5-4-6-13(16)12-25-27(19)20)21(29)26(22(18)30)14-8-10-15(11-9-14)28(32)33/h4-12,17-20H,1-3H3/t17-,18+,19-,20-/m1/s1. The first-order valence-corrected chi connectivity index (χ1v) is 10.8. The largest absolute Gasteiger partial charge is 0.458 e. The van der Waals surface area contributed by atoms with Crippen molar-refractivity contribution in [2.45, 2.75) is 38.5 Å². The van der Waals surface area contributed by atoms with Crippen LogP contribution in [0.1, 0.15) is 37.9 Å². The number of carbonyl (C=O) groups excluding carboxylic acids is 3. The Labute approximate surface area is 194 Å². The third-order valence-electron chi connectivity index (χ3n) is 6.26. The predicted molar refractivity (Wildman–Crippen MR) is 121 cm³/mol. The highest BCUT2D eigenvalue weighted by Crippen LogP contribution is 2.52. The van der Waals surface area contributed by atoms with E-state index in [-0.39, 0.29) is 11.4 Å². The molecule has 174 valence electrons. The van der Waals surface area contributed by atoms with Crippen molar-refractivity contribution in [2.24, 2.45) is 16.9 Å². The van der Waals surface area contributed by atoms with Gasteiger partial charge in [0, 0.05) is 12.1 Å². The number of ether oxygens (including phenoxy) is 1. The number of nitrogens with zero attached hydrogens (tertiary/aromatic N) is 4. The van der Waals surface area contributed by atoms with Crippen molar-refractivity contribution < 1.29 is 24.0 Å². The lowest BCUT2D eigenvalue weighted by Gasteiger charge is -2.34. The minimum absolute atomic E-state index is 0.156. The normalized spacial score (nSPS) is 25.1. The van der Waals surface area contributed by atoms with Crippen LogP contribution in [0, 0.1) is 22.0 Å². The minimum atomic E-state index is -1.08. The molecular weight excluding hydrogens is 440 g/mol. The summed E-state index contributed by atoms with van der Waals surface area (Å²) < 4.78 is 5.62. The summed E-state index contributed by atoms with van der Waals surface area (Å²) in [4.78, 5) is 52.1. The number of esters is 1. The molecule has 10 nitrogen and oxygen atoms in total. The molecule has 2 aromatic rings. The number of fused-ring (bicyclic) bond motifs is 5. The summed E-state index contributed by atoms with van der Waals surface area (Å²) in [5, 5.41) is 17.0. The number of hydrogen-bond donors (Lipinski definition) is 0. The number of nitro benzene ring substituents is 1. The highest BCUT2D eigenvalue weighted by molar-refractivity contribution is 6.24. The molecule has 0 radical (unpaired) electrons. The highest BCUT2D eigenvalue weighted by Gasteiger charge is 2.66. The molecule has 0 aliphatic carbocycles. The number of imide groups is 1. The van der Waals surface area contributed by atoms with Gasteiger partial charge in [-0.05, 0) is 44.0 Å². The van der Waals surface area contributed by atoms with Crippen LogP contribution in [-0.2, 0) is 19.1 Å². The molecule has 3 aliphatic heterocycles. The van der Waals surface area contributed by atoms with E-state index in [1.165, 1.54) is 29.3 Å². The first kappa shape index (κ1) is 21.7. The van der Waals surface area contributed by atoms with Crippen LogP contribution in [0.5, 0.6) is 0 Å². The molecule has 3 aliphatic rings. The average molecular weight is 462 g/mol. The van der Waals surface area contributed by atoms with E-state index >= 15 is 0 Å². The van der Waals surface area contributed by atoms with Crippen molar-refractivity contribution in [1.29, 1.82) is 0 Å². The van der Waals surface area contributed by atoms with E-state index < -0.39 is 52.2 Å². The monoisotopic (exact) mass is 462 g/mol. The number of benzene rings is 2. The van der Waals surface area contributed by atoms with E-state index in [1.807, 2.05) is 24.3 Å². The van der Waals surface area contributed by atoms with Gasteiger partial charge in [0.15, 0.2) is 6.04 Å². The molecule has 0 spiro atoms. The van der Waals surface area contributed by atoms with Crippen LogP contribution >= 0.6 is 0 Å². The second kappa shape index (κ2) is 7.47. The van der Waals surface area contributed by atoms with Crippen LogP contribution in [0.25, 0.3) is 0 Å². The molecule has 2 saturated heterocycles. The predicted octanol–water partition coefficient (Wildman–Crippen LogP) is 2.82. The Balaban J connectivity index is 1.60. The quantitative estimate of drug-likeness (QED) is 0.297. The van der Waals surface area contributed by atoms with E-state index in [9.17, 15) is 24.5 Å². The van der Waals surface area contributed by atoms with Crippen LogP contribution in [-0.4, -0.2) is 45.6 Å². The molecule has 0 aromatic heterocycles. The van der Waals surface area contributed by atoms with E-state index in [4.69, 9.17) is 4.74 Å². The third-order valence-corrected chi connectivity index (χ3v) is 6.26. The Morgan fingerprint density at radius 2 is 1.68 bits per heavy atom. The maximum atomic E-state index is 13.7. The van der Waals surface area contributed by atoms with Gasteiger partial charge in [0.25, 0.3) is 5.69 Å². The third kappa shape index (κ3) is 3.25. The van der Waals surface area contributed by atoms with Gasteiger partial charge in [0.05, 0.1) is 34.7 Å². The molecule has 2 amide bonds. The van der Waals surface area contributed by atoms with Crippen molar-refractivity contribution >= 4 is 35.4 Å². The number of rotatable bonds is 3. The van der Waals surface area contributed by atoms with Crippen molar-refractivity contribution in [2.75, 3.05) is 4.90 Å². The molecule has 2 fully saturated rings. The zero-order valence-corrected chi connectivity index (χ0v) is 18.7. The van der Waals surface area contributed by atoms with Gasteiger partial charge >= 0.3 is 5.97 Å². The van der Waals surface area contributed by atoms with E-state index in [0.717, 1.165) is 16.0 Å². The first-order valence-electron chi connectivity index (χ1n) is 10.8. The SMILES string of the molecule is CC(C)(C)OC(=O)[C@H]1[C@H]2C(=O)N(c3ccc([N+](=O)[O-])cc3)C(=O)[C@H]2[C@H]2c3ccccc3C=NN21. The number of amides is 2. The second-order valence-electron chi connectivity index (χ2n) is 9.51. The first-order chi connectivity index (χ1) is 16.1. The maximum Gasteiger partial charge on any atom is 0.331 e. The van der Waals surface area contributed by atoms with Gasteiger partial charge in [0.1, 0.15) is 5.60 Å². The fourth-order valence-corrected chi connectivity index (χ4v) is 4.98. The van der Waals surface area contributed by atoms with Gasteiger partial charge in [-0.1, -0.05) is 24.3 Å². The Morgan fingerprint density at radius 1 is 1.03 bits per heavy atom. The summed E-state index contributed by atoms with van der Waals surface area (Å²) in [5.74, 6) is -3.53. The Bertz CT molecular complexity index is 1250. The van der Waals surface area contributed by atoms with Crippen LogP contribution in [0.15, 0.2) is 53.6 Å². The van der Waals surface area contributed by atoms with Crippen molar-refractivity contribution in [3.05, 3.63) is 69.8 Å². The summed E-state index contributed by atoms with van der Waals surface area (Å²) in [6.45, 7) is 5.19. The van der Waals surface area contributed by atoms with Gasteiger partial charge in [-0.25, -0.2) is 9.69 Å². The lowest BCUT2D eigenvalue weighted by molar-refractivity contribution is -0.384. The summed E-state index contributed by atoms with van der Waals surface area (Å²) in [5.41, 5.74) is 0.867. The zero-order chi connectivity index (χ0) is 24.4. The smallest absolute Gasteiger partial charge is 0.331 e. The summed E-state index contributed by atoms with van der Waals surface area (Å²) in [7, 11) is 0. The van der Waals surface area contributed by atoms with Crippen LogP contribution in [0.3, 0.4) is 0 Å². The molecule has 2 aromatic carbocycles. The fraction of sp³-hybridized carbons (Fsp3) is 0.333. The van der Waals surface area contributed by atoms with Crippen molar-refractivity contribution in [3.8, 4) is 0 Å². The Kier molecular flexibility index (Phi) is 4.78. The average Bonchev–Trinajstić information content (AvgIpc) is 3.25. The van der Waals surface area contributed by atoms with Crippen LogP contribution in [0.4, 0.5) is 11.4 Å². The van der Waals surface area contributed by atoms with Gasteiger partial charge in [0.2, 0.25) is 11.8 Å². The number of nitro groups is 1. The van der Waals surface area contributed by atoms with Crippen molar-refractivity contribution in [1.82, 2.24) is 5.01 Å². The van der Waals surface area contributed by atoms with Crippen LogP contribution in [0.2, 0.25) is 0 Å². The minimum Gasteiger partial charge on any atom is -0.458 e. The molecule has 3 heterocycles. The second-order valence-corrected chi connectivity index (χ2v) is 9.51. The lowest BCUT2D eigenvalue weighted by atomic mass is 9.85. The summed E-state index contributed by atoms with van der Waals surface area (Å²) in [6.07, 6.45) is 1.62. The maximum absolute atomic E-state index is 13.7. The number of hydrogen-bond acceptors (Lipinski definition) is 8. The molecule has 0 bridgehead atoms. The molecule has 10 heteroatoms. The molecule has 4 atom stereocenters. The Morgan fingerprint density at radius 3 is 2.32 bits per heavy atom.